The highest BCUT2D eigenvalue weighted by Crippen LogP contribution is 2.49. The van der Waals surface area contributed by atoms with Gasteiger partial charge in [-0.15, -0.1) is 0 Å². The van der Waals surface area contributed by atoms with E-state index in [9.17, 15) is 9.90 Å². The Kier molecular flexibility index (Phi) is 4.72. The van der Waals surface area contributed by atoms with Gasteiger partial charge in [0.05, 0.1) is 25.7 Å². The molecule has 1 saturated carbocycles. The third-order valence-electron chi connectivity index (χ3n) is 4.99. The molecule has 2 aliphatic rings. The maximum absolute atomic E-state index is 11.6. The monoisotopic (exact) mass is 371 g/mol. The van der Waals surface area contributed by atoms with Crippen LogP contribution >= 0.6 is 0 Å². The number of ether oxygens (including phenoxy) is 4. The molecule has 1 N–H and O–H groups in total. The van der Waals surface area contributed by atoms with E-state index >= 15 is 0 Å². The molecule has 0 radical (unpaired) electrons. The number of benzene rings is 1. The minimum absolute atomic E-state index is 0.314. The predicted octanol–water partition coefficient (Wildman–Crippen LogP) is 2.83. The first kappa shape index (κ1) is 17.8. The van der Waals surface area contributed by atoms with Crippen LogP contribution in [0.2, 0.25) is 0 Å². The molecule has 2 aromatic rings. The standard InChI is InChI=1S/C20H21NO6/c1-24-15-4-2-13(3-5-15)12-27-16-10-14(20(6-7-20)19(22)23)11-21-17(16)18-25-8-9-26-18/h2-5,10-11,18H,6-9,12H2,1H3,(H,22,23). The summed E-state index contributed by atoms with van der Waals surface area (Å²) in [6.45, 7) is 1.30. The van der Waals surface area contributed by atoms with Crippen LogP contribution < -0.4 is 9.47 Å². The Bertz CT molecular complexity index is 825. The largest absolute Gasteiger partial charge is 0.497 e. The average molecular weight is 371 g/mol. The van der Waals surface area contributed by atoms with Crippen LogP contribution in [-0.4, -0.2) is 36.4 Å². The Balaban J connectivity index is 1.60. The lowest BCUT2D eigenvalue weighted by molar-refractivity contribution is -0.140. The Morgan fingerprint density at radius 2 is 1.96 bits per heavy atom. The van der Waals surface area contributed by atoms with Crippen molar-refractivity contribution in [1.82, 2.24) is 4.98 Å². The molecular weight excluding hydrogens is 350 g/mol. The van der Waals surface area contributed by atoms with Gasteiger partial charge in [-0.05, 0) is 42.2 Å². The van der Waals surface area contributed by atoms with Gasteiger partial charge in [0.1, 0.15) is 23.8 Å². The minimum Gasteiger partial charge on any atom is -0.497 e. The number of pyridine rings is 1. The van der Waals surface area contributed by atoms with Crippen molar-refractivity contribution in [2.45, 2.75) is 31.2 Å². The van der Waals surface area contributed by atoms with E-state index in [-0.39, 0.29) is 0 Å². The number of carbonyl (C=O) groups is 1. The molecule has 1 aliphatic carbocycles. The molecule has 7 heteroatoms. The highest BCUT2D eigenvalue weighted by Gasteiger charge is 2.52. The van der Waals surface area contributed by atoms with Gasteiger partial charge < -0.3 is 24.1 Å². The van der Waals surface area contributed by atoms with Crippen molar-refractivity contribution in [2.24, 2.45) is 0 Å². The van der Waals surface area contributed by atoms with Gasteiger partial charge in [-0.1, -0.05) is 12.1 Å². The lowest BCUT2D eigenvalue weighted by Crippen LogP contribution is -2.20. The van der Waals surface area contributed by atoms with Gasteiger partial charge in [0.25, 0.3) is 0 Å². The molecule has 1 aromatic carbocycles. The molecule has 0 atom stereocenters. The van der Waals surface area contributed by atoms with E-state index in [4.69, 9.17) is 18.9 Å². The van der Waals surface area contributed by atoms with Crippen LogP contribution in [0.1, 0.15) is 36.0 Å². The molecule has 1 saturated heterocycles. The maximum atomic E-state index is 11.6. The molecule has 1 aliphatic heterocycles. The van der Waals surface area contributed by atoms with Crippen molar-refractivity contribution in [3.05, 3.63) is 53.3 Å². The van der Waals surface area contributed by atoms with Gasteiger partial charge >= 0.3 is 5.97 Å². The smallest absolute Gasteiger partial charge is 0.314 e. The zero-order chi connectivity index (χ0) is 18.9. The number of rotatable bonds is 7. The van der Waals surface area contributed by atoms with Gasteiger partial charge in [-0.3, -0.25) is 9.78 Å². The molecule has 2 fully saturated rings. The van der Waals surface area contributed by atoms with E-state index in [0.717, 1.165) is 11.3 Å². The Hall–Kier alpha value is -2.64. The van der Waals surface area contributed by atoms with Crippen LogP contribution in [0.5, 0.6) is 11.5 Å². The van der Waals surface area contributed by atoms with Crippen molar-refractivity contribution in [2.75, 3.05) is 20.3 Å². The minimum atomic E-state index is -0.846. The predicted molar refractivity (Wildman–Crippen MR) is 94.8 cm³/mol. The molecule has 0 bridgehead atoms. The quantitative estimate of drug-likeness (QED) is 0.801. The molecule has 4 rings (SSSR count). The fourth-order valence-corrected chi connectivity index (χ4v) is 3.16. The van der Waals surface area contributed by atoms with Crippen LogP contribution in [0.4, 0.5) is 0 Å². The third kappa shape index (κ3) is 3.48. The van der Waals surface area contributed by atoms with E-state index < -0.39 is 17.7 Å². The van der Waals surface area contributed by atoms with Crippen LogP contribution in [-0.2, 0) is 26.3 Å². The van der Waals surface area contributed by atoms with E-state index in [1.807, 2.05) is 24.3 Å². The number of methoxy groups -OCH3 is 1. The van der Waals surface area contributed by atoms with Crippen LogP contribution in [0, 0.1) is 0 Å². The van der Waals surface area contributed by atoms with Crippen LogP contribution in [0.25, 0.3) is 0 Å². The number of aliphatic carboxylic acids is 1. The Morgan fingerprint density at radius 1 is 1.26 bits per heavy atom. The Morgan fingerprint density at radius 3 is 2.56 bits per heavy atom. The molecule has 1 aromatic heterocycles. The van der Waals surface area contributed by atoms with Gasteiger partial charge in [0.2, 0.25) is 6.29 Å². The zero-order valence-corrected chi connectivity index (χ0v) is 15.0. The molecular formula is C20H21NO6. The van der Waals surface area contributed by atoms with Gasteiger partial charge in [0, 0.05) is 6.20 Å². The summed E-state index contributed by atoms with van der Waals surface area (Å²) in [5.41, 5.74) is 1.30. The summed E-state index contributed by atoms with van der Waals surface area (Å²) in [6.07, 6.45) is 2.22. The fourth-order valence-electron chi connectivity index (χ4n) is 3.16. The lowest BCUT2D eigenvalue weighted by Gasteiger charge is -2.18. The molecule has 0 amide bonds. The molecule has 0 unspecified atom stereocenters. The SMILES string of the molecule is COc1ccc(COc2cc(C3(C(=O)O)CC3)cnc2C2OCCO2)cc1. The van der Waals surface area contributed by atoms with Gasteiger partial charge in [0.15, 0.2) is 0 Å². The average Bonchev–Trinajstić information content (AvgIpc) is 3.34. The maximum Gasteiger partial charge on any atom is 0.314 e. The highest BCUT2D eigenvalue weighted by molar-refractivity contribution is 5.84. The van der Waals surface area contributed by atoms with Crippen LogP contribution in [0.15, 0.2) is 36.5 Å². The van der Waals surface area contributed by atoms with E-state index in [0.29, 0.717) is 49.7 Å². The fraction of sp³-hybridized carbons (Fsp3) is 0.400. The second-order valence-electron chi connectivity index (χ2n) is 6.70. The second-order valence-corrected chi connectivity index (χ2v) is 6.70. The number of hydrogen-bond donors (Lipinski definition) is 1. The first-order chi connectivity index (χ1) is 13.1. The first-order valence-electron chi connectivity index (χ1n) is 8.85. The number of carboxylic acid groups (broad SMARTS) is 1. The number of hydrogen-bond acceptors (Lipinski definition) is 6. The topological polar surface area (TPSA) is 87.1 Å². The number of aromatic nitrogens is 1. The van der Waals surface area contributed by atoms with E-state index in [2.05, 4.69) is 4.98 Å². The van der Waals surface area contributed by atoms with Crippen molar-refractivity contribution < 1.29 is 28.8 Å². The summed E-state index contributed by atoms with van der Waals surface area (Å²) >= 11 is 0. The summed E-state index contributed by atoms with van der Waals surface area (Å²) < 4.78 is 22.3. The molecule has 7 nitrogen and oxygen atoms in total. The summed E-state index contributed by atoms with van der Waals surface area (Å²) in [5.74, 6) is 0.433. The van der Waals surface area contributed by atoms with Crippen molar-refractivity contribution in [1.29, 1.82) is 0 Å². The zero-order valence-electron chi connectivity index (χ0n) is 15.0. The molecule has 2 heterocycles. The summed E-state index contributed by atoms with van der Waals surface area (Å²) in [5, 5.41) is 9.56. The molecule has 27 heavy (non-hydrogen) atoms. The van der Waals surface area contributed by atoms with Crippen molar-refractivity contribution >= 4 is 5.97 Å². The highest BCUT2D eigenvalue weighted by atomic mass is 16.7. The molecule has 142 valence electrons. The van der Waals surface area contributed by atoms with Gasteiger partial charge in [-0.25, -0.2) is 0 Å². The Labute approximate surface area is 156 Å². The van der Waals surface area contributed by atoms with Crippen LogP contribution in [0.3, 0.4) is 0 Å². The summed E-state index contributed by atoms with van der Waals surface area (Å²) in [6, 6.07) is 9.32. The summed E-state index contributed by atoms with van der Waals surface area (Å²) in [7, 11) is 1.62. The number of carboxylic acids is 1. The van der Waals surface area contributed by atoms with Gasteiger partial charge in [-0.2, -0.15) is 0 Å². The molecule has 0 spiro atoms. The normalized spacial score (nSPS) is 18.3. The lowest BCUT2D eigenvalue weighted by atomic mass is 9.97. The van der Waals surface area contributed by atoms with Crippen molar-refractivity contribution in [3.8, 4) is 11.5 Å². The van der Waals surface area contributed by atoms with E-state index in [1.54, 1.807) is 19.4 Å². The number of nitrogens with zero attached hydrogens (tertiary/aromatic N) is 1. The summed E-state index contributed by atoms with van der Waals surface area (Å²) in [4.78, 5) is 16.1. The third-order valence-corrected chi connectivity index (χ3v) is 4.99. The van der Waals surface area contributed by atoms with E-state index in [1.165, 1.54) is 0 Å². The van der Waals surface area contributed by atoms with Crippen molar-refractivity contribution in [3.63, 3.8) is 0 Å². The second kappa shape index (κ2) is 7.17. The first-order valence-corrected chi connectivity index (χ1v) is 8.85.